The molecule has 10 nitrogen and oxygen atoms in total. The molecule has 0 radical (unpaired) electrons. The van der Waals surface area contributed by atoms with Gasteiger partial charge in [0.1, 0.15) is 5.78 Å². The molecule has 0 saturated carbocycles. The van der Waals surface area contributed by atoms with E-state index in [9.17, 15) is 28.2 Å². The third-order valence-corrected chi connectivity index (χ3v) is 8.03. The molecule has 0 heterocycles. The molecule has 0 aliphatic carbocycles. The summed E-state index contributed by atoms with van der Waals surface area (Å²) in [6.45, 7) is 17.2. The van der Waals surface area contributed by atoms with Crippen LogP contribution in [0.25, 0.3) is 0 Å². The first-order valence-corrected chi connectivity index (χ1v) is 18.1. The molecule has 0 spiro atoms. The molecule has 0 fully saturated rings. The maximum absolute atomic E-state index is 12.7. The van der Waals surface area contributed by atoms with Crippen LogP contribution in [0.2, 0.25) is 0 Å². The van der Waals surface area contributed by atoms with E-state index in [1.54, 1.807) is 20.1 Å². The molecule has 1 atom stereocenters. The molecule has 2 rings (SSSR count). The molecule has 2 aromatic rings. The number of aryl methyl sites for hydroxylation is 6. The molecule has 2 N–H and O–H groups in total. The van der Waals surface area contributed by atoms with E-state index >= 15 is 0 Å². The molecule has 2 amide bonds. The van der Waals surface area contributed by atoms with Gasteiger partial charge < -0.3 is 4.79 Å². The quantitative estimate of drug-likeness (QED) is 0.0729. The van der Waals surface area contributed by atoms with Crippen LogP contribution < -0.4 is 5.84 Å². The molecule has 266 valence electrons. The first-order valence-electron chi connectivity index (χ1n) is 16.4. The second-order valence-corrected chi connectivity index (χ2v) is 13.2. The standard InChI is InChI=1S/C18H26N2O3S.C14H20N2O2.C5H10O/c1-7-14-9-12(3)10-15(8-2)16(14)17(21)18(22)20(5)19-13(4)11-24(6)23;1-5-10-7-9(3)8-11(6-2)12(10)13(17)14(18)16(4)15;1-3-4-5(2)6/h9-10H,7-8,11H2,1-6H3;7-8H,5-6,15H2,1-4H3;3-4H2,1-2H3. The predicted molar refractivity (Wildman–Crippen MR) is 196 cm³/mol. The Morgan fingerprint density at radius 2 is 1.06 bits per heavy atom. The summed E-state index contributed by atoms with van der Waals surface area (Å²) in [6.07, 6.45) is 6.09. The second-order valence-electron chi connectivity index (χ2n) is 11.7. The third-order valence-electron chi connectivity index (χ3n) is 7.21. The number of ketones is 3. The van der Waals surface area contributed by atoms with Gasteiger partial charge in [0.05, 0.1) is 5.75 Å². The van der Waals surface area contributed by atoms with Crippen molar-refractivity contribution >= 4 is 45.7 Å². The van der Waals surface area contributed by atoms with E-state index in [-0.39, 0.29) is 11.5 Å². The van der Waals surface area contributed by atoms with E-state index in [4.69, 9.17) is 5.84 Å². The van der Waals surface area contributed by atoms with Crippen LogP contribution in [0.1, 0.15) is 115 Å². The molecule has 1 unspecified atom stereocenters. The van der Waals surface area contributed by atoms with Crippen molar-refractivity contribution in [3.8, 4) is 0 Å². The molecule has 0 saturated heterocycles. The van der Waals surface area contributed by atoms with Crippen molar-refractivity contribution in [2.24, 2.45) is 10.9 Å². The van der Waals surface area contributed by atoms with E-state index in [0.717, 1.165) is 69.1 Å². The first kappa shape index (κ1) is 44.2. The van der Waals surface area contributed by atoms with E-state index in [2.05, 4.69) is 5.10 Å². The van der Waals surface area contributed by atoms with E-state index in [0.29, 0.717) is 29.7 Å². The van der Waals surface area contributed by atoms with Crippen LogP contribution in [-0.2, 0) is 50.9 Å². The first-order chi connectivity index (χ1) is 22.4. The number of Topliss-reactive ketones (excluding diaryl/α,β-unsaturated/α-hetero) is 3. The zero-order chi connectivity index (χ0) is 37.3. The van der Waals surface area contributed by atoms with Gasteiger partial charge in [0.15, 0.2) is 0 Å². The largest absolute Gasteiger partial charge is 0.314 e. The maximum Gasteiger partial charge on any atom is 0.314 e. The molecular formula is C37H56N4O6S. The molecule has 48 heavy (non-hydrogen) atoms. The van der Waals surface area contributed by atoms with Crippen LogP contribution in [-0.4, -0.2) is 75.2 Å². The number of likely N-dealkylation sites (N-methyl/N-ethyl adjacent to an activating group) is 2. The highest BCUT2D eigenvalue weighted by molar-refractivity contribution is 7.85. The summed E-state index contributed by atoms with van der Waals surface area (Å²) >= 11 is 0. The highest BCUT2D eigenvalue weighted by Crippen LogP contribution is 2.22. The van der Waals surface area contributed by atoms with Crippen molar-refractivity contribution in [1.82, 2.24) is 10.0 Å². The van der Waals surface area contributed by atoms with Crippen molar-refractivity contribution in [1.29, 1.82) is 0 Å². The number of hydrogen-bond donors (Lipinski definition) is 1. The Hall–Kier alpha value is -3.83. The Balaban J connectivity index is 0.000000808. The fraction of sp³-hybridized carbons (Fsp3) is 0.514. The van der Waals surface area contributed by atoms with Gasteiger partial charge in [0.25, 0.3) is 11.6 Å². The number of nitrogens with two attached hydrogens (primary N) is 1. The number of hydrogen-bond acceptors (Lipinski definition) is 8. The highest BCUT2D eigenvalue weighted by Gasteiger charge is 2.26. The highest BCUT2D eigenvalue weighted by atomic mass is 32.2. The number of hydrazine groups is 1. The summed E-state index contributed by atoms with van der Waals surface area (Å²) in [5.41, 5.74) is 7.34. The summed E-state index contributed by atoms with van der Waals surface area (Å²) in [7, 11) is 1.79. The summed E-state index contributed by atoms with van der Waals surface area (Å²) in [5, 5.41) is 5.96. The summed E-state index contributed by atoms with van der Waals surface area (Å²) in [6, 6.07) is 7.81. The van der Waals surface area contributed by atoms with Crippen LogP contribution in [0.4, 0.5) is 0 Å². The van der Waals surface area contributed by atoms with Gasteiger partial charge >= 0.3 is 11.8 Å². The van der Waals surface area contributed by atoms with Gasteiger partial charge in [-0.25, -0.2) is 10.9 Å². The fourth-order valence-corrected chi connectivity index (χ4v) is 5.73. The van der Waals surface area contributed by atoms with Gasteiger partial charge in [-0.2, -0.15) is 5.10 Å². The van der Waals surface area contributed by atoms with Crippen LogP contribution in [0.5, 0.6) is 0 Å². The zero-order valence-electron chi connectivity index (χ0n) is 31.0. The lowest BCUT2D eigenvalue weighted by molar-refractivity contribution is -0.125. The van der Waals surface area contributed by atoms with Gasteiger partial charge in [-0.05, 0) is 82.1 Å². The second kappa shape index (κ2) is 21.9. The number of benzene rings is 2. The number of hydrazone groups is 1. The van der Waals surface area contributed by atoms with Gasteiger partial charge in [-0.3, -0.25) is 28.4 Å². The Morgan fingerprint density at radius 1 is 0.708 bits per heavy atom. The van der Waals surface area contributed by atoms with Gasteiger partial charge in [0, 0.05) is 54.4 Å². The lowest BCUT2D eigenvalue weighted by atomic mass is 9.92. The number of carbonyl (C=O) groups excluding carboxylic acids is 5. The molecule has 0 aromatic heterocycles. The van der Waals surface area contributed by atoms with Crippen molar-refractivity contribution in [3.05, 3.63) is 68.8 Å². The number of nitrogens with zero attached hydrogens (tertiary/aromatic N) is 3. The smallest absolute Gasteiger partial charge is 0.300 e. The molecular weight excluding hydrogens is 628 g/mol. The minimum atomic E-state index is -1.04. The topological polar surface area (TPSA) is 147 Å². The Kier molecular flexibility index (Phi) is 20.2. The summed E-state index contributed by atoms with van der Waals surface area (Å²) in [5.74, 6) is 3.50. The summed E-state index contributed by atoms with van der Waals surface area (Å²) in [4.78, 5) is 59.2. The fourth-order valence-electron chi connectivity index (χ4n) is 5.08. The van der Waals surface area contributed by atoms with Crippen molar-refractivity contribution in [2.75, 3.05) is 26.1 Å². The SMILES string of the molecule is CCCC(C)=O.CCc1cc(C)cc(CC)c1C(=O)C(=O)N(C)N.CCc1cc(C)cc(CC)c1C(=O)C(=O)N(C)N=C(C)CS(C)=O. The normalized spacial score (nSPS) is 11.3. The Bertz CT molecular complexity index is 1460. The van der Waals surface area contributed by atoms with Gasteiger partial charge in [-0.15, -0.1) is 0 Å². The number of amides is 2. The van der Waals surface area contributed by atoms with Crippen LogP contribution in [0.15, 0.2) is 29.4 Å². The molecule has 2 aromatic carbocycles. The van der Waals surface area contributed by atoms with Crippen molar-refractivity contribution in [2.45, 2.75) is 101 Å². The Labute approximate surface area is 290 Å². The van der Waals surface area contributed by atoms with E-state index in [1.807, 2.05) is 72.7 Å². The number of rotatable bonds is 13. The number of carbonyl (C=O) groups is 5. The minimum Gasteiger partial charge on any atom is -0.300 e. The van der Waals surface area contributed by atoms with Gasteiger partial charge in [0.2, 0.25) is 0 Å². The molecule has 0 aliphatic heterocycles. The third kappa shape index (κ3) is 14.1. The predicted octanol–water partition coefficient (Wildman–Crippen LogP) is 5.53. The van der Waals surface area contributed by atoms with Crippen molar-refractivity contribution < 1.29 is 28.2 Å². The Morgan fingerprint density at radius 3 is 1.31 bits per heavy atom. The van der Waals surface area contributed by atoms with Gasteiger partial charge in [-0.1, -0.05) is 70.0 Å². The zero-order valence-corrected chi connectivity index (χ0v) is 31.9. The van der Waals surface area contributed by atoms with E-state index in [1.165, 1.54) is 14.1 Å². The van der Waals surface area contributed by atoms with Crippen molar-refractivity contribution in [3.63, 3.8) is 0 Å². The van der Waals surface area contributed by atoms with Crippen LogP contribution in [0, 0.1) is 13.8 Å². The maximum atomic E-state index is 12.7. The molecule has 0 bridgehead atoms. The average molecular weight is 685 g/mol. The lowest BCUT2D eigenvalue weighted by Gasteiger charge is -2.16. The average Bonchev–Trinajstić information content (AvgIpc) is 3.02. The lowest BCUT2D eigenvalue weighted by Crippen LogP contribution is -2.39. The minimum absolute atomic E-state index is 0.275. The molecule has 11 heteroatoms. The monoisotopic (exact) mass is 684 g/mol. The summed E-state index contributed by atoms with van der Waals surface area (Å²) < 4.78 is 11.2. The molecule has 0 aliphatic rings. The van der Waals surface area contributed by atoms with E-state index < -0.39 is 34.2 Å². The van der Waals surface area contributed by atoms with Crippen LogP contribution in [0.3, 0.4) is 0 Å². The van der Waals surface area contributed by atoms with Crippen LogP contribution >= 0.6 is 0 Å².